The molecule has 1 atom stereocenters. The van der Waals surface area contributed by atoms with Crippen molar-refractivity contribution < 1.29 is 4.74 Å². The second-order valence-corrected chi connectivity index (χ2v) is 5.27. The lowest BCUT2D eigenvalue weighted by Crippen LogP contribution is -2.13. The fourth-order valence-corrected chi connectivity index (χ4v) is 2.55. The average molecular weight is 265 g/mol. The lowest BCUT2D eigenvalue weighted by molar-refractivity contribution is 0.307. The predicted octanol–water partition coefficient (Wildman–Crippen LogP) is 3.75. The molecule has 2 heteroatoms. The molecule has 0 bridgehead atoms. The Morgan fingerprint density at radius 1 is 1.10 bits per heavy atom. The van der Waals surface area contributed by atoms with E-state index in [0.717, 1.165) is 17.7 Å². The Bertz CT molecular complexity index is 594. The lowest BCUT2D eigenvalue weighted by atomic mass is 9.93. The van der Waals surface area contributed by atoms with E-state index in [1.165, 1.54) is 16.7 Å². The van der Waals surface area contributed by atoms with Gasteiger partial charge in [-0.3, -0.25) is 0 Å². The van der Waals surface area contributed by atoms with Crippen molar-refractivity contribution in [3.8, 4) is 5.75 Å². The van der Waals surface area contributed by atoms with E-state index in [2.05, 4.69) is 42.5 Å². The van der Waals surface area contributed by atoms with Crippen molar-refractivity contribution in [2.45, 2.75) is 26.0 Å². The van der Waals surface area contributed by atoms with Crippen molar-refractivity contribution in [2.75, 3.05) is 0 Å². The molecule has 0 aliphatic carbocycles. The summed E-state index contributed by atoms with van der Waals surface area (Å²) < 4.78 is 5.94. The molecule has 0 aromatic heterocycles. The molecule has 2 nitrogen and oxygen atoms in total. The summed E-state index contributed by atoms with van der Waals surface area (Å²) >= 11 is 0. The van der Waals surface area contributed by atoms with Crippen molar-refractivity contribution in [3.63, 3.8) is 0 Å². The van der Waals surface area contributed by atoms with Gasteiger partial charge >= 0.3 is 0 Å². The van der Waals surface area contributed by atoms with Crippen LogP contribution in [0.3, 0.4) is 0 Å². The van der Waals surface area contributed by atoms with Gasteiger partial charge in [-0.2, -0.15) is 0 Å². The first kappa shape index (κ1) is 12.9. The van der Waals surface area contributed by atoms with Crippen LogP contribution in [0.1, 0.15) is 30.0 Å². The van der Waals surface area contributed by atoms with Gasteiger partial charge in [-0.05, 0) is 36.1 Å². The molecule has 2 aromatic carbocycles. The second-order valence-electron chi connectivity index (χ2n) is 5.27. The summed E-state index contributed by atoms with van der Waals surface area (Å²) in [7, 11) is 0. The molecule has 2 aromatic rings. The van der Waals surface area contributed by atoms with E-state index in [1.54, 1.807) is 0 Å². The molecular formula is C18H19NO. The van der Waals surface area contributed by atoms with Gasteiger partial charge in [0.15, 0.2) is 0 Å². The van der Waals surface area contributed by atoms with Crippen LogP contribution in [0.4, 0.5) is 0 Å². The lowest BCUT2D eigenvalue weighted by Gasteiger charge is -2.11. The Balaban J connectivity index is 2.16. The Hall–Kier alpha value is -2.06. The molecule has 102 valence electrons. The molecule has 0 fully saturated rings. The molecule has 0 saturated heterocycles. The molecule has 0 amide bonds. The van der Waals surface area contributed by atoms with Crippen LogP contribution in [0.2, 0.25) is 0 Å². The average Bonchev–Trinajstić information content (AvgIpc) is 2.62. The van der Waals surface area contributed by atoms with E-state index in [-0.39, 0.29) is 6.04 Å². The Morgan fingerprint density at radius 2 is 1.80 bits per heavy atom. The molecule has 1 heterocycles. The Kier molecular flexibility index (Phi) is 3.57. The third kappa shape index (κ3) is 2.47. The van der Waals surface area contributed by atoms with E-state index in [4.69, 9.17) is 10.5 Å². The maximum Gasteiger partial charge on any atom is 0.127 e. The zero-order chi connectivity index (χ0) is 13.9. The van der Waals surface area contributed by atoms with Crippen LogP contribution in [0.25, 0.3) is 5.57 Å². The van der Waals surface area contributed by atoms with Gasteiger partial charge in [0, 0.05) is 11.6 Å². The van der Waals surface area contributed by atoms with Gasteiger partial charge in [0.1, 0.15) is 12.4 Å². The fourth-order valence-electron chi connectivity index (χ4n) is 2.55. The third-order valence-electron chi connectivity index (χ3n) is 3.56. The van der Waals surface area contributed by atoms with E-state index in [0.29, 0.717) is 6.61 Å². The molecule has 0 spiro atoms. The first-order chi connectivity index (χ1) is 9.75. The molecule has 0 saturated carbocycles. The van der Waals surface area contributed by atoms with Crippen molar-refractivity contribution in [1.29, 1.82) is 0 Å². The standard InChI is InChI=1S/C18H19NO/c1-13(19)10-11-16-15-7-3-2-6-14(15)12-20-18-9-5-4-8-17(16)18/h2-9,11,13H,10,12,19H2,1H3. The summed E-state index contributed by atoms with van der Waals surface area (Å²) in [5, 5.41) is 0. The molecule has 1 aliphatic heterocycles. The highest BCUT2D eigenvalue weighted by Crippen LogP contribution is 2.36. The maximum absolute atomic E-state index is 5.94. The predicted molar refractivity (Wildman–Crippen MR) is 82.6 cm³/mol. The molecule has 3 rings (SSSR count). The minimum Gasteiger partial charge on any atom is -0.488 e. The highest BCUT2D eigenvalue weighted by Gasteiger charge is 2.18. The van der Waals surface area contributed by atoms with Gasteiger partial charge in [0.25, 0.3) is 0 Å². The summed E-state index contributed by atoms with van der Waals surface area (Å²) in [6.07, 6.45) is 3.09. The summed E-state index contributed by atoms with van der Waals surface area (Å²) in [6.45, 7) is 2.64. The van der Waals surface area contributed by atoms with Crippen molar-refractivity contribution in [2.24, 2.45) is 5.73 Å². The van der Waals surface area contributed by atoms with Crippen LogP contribution in [0, 0.1) is 0 Å². The van der Waals surface area contributed by atoms with E-state index in [1.807, 2.05) is 19.1 Å². The van der Waals surface area contributed by atoms with Gasteiger partial charge in [-0.1, -0.05) is 48.5 Å². The van der Waals surface area contributed by atoms with Crippen LogP contribution in [-0.4, -0.2) is 6.04 Å². The highest BCUT2D eigenvalue weighted by atomic mass is 16.5. The van der Waals surface area contributed by atoms with Gasteiger partial charge in [-0.25, -0.2) is 0 Å². The zero-order valence-electron chi connectivity index (χ0n) is 11.7. The van der Waals surface area contributed by atoms with Crippen molar-refractivity contribution >= 4 is 5.57 Å². The zero-order valence-corrected chi connectivity index (χ0v) is 11.7. The SMILES string of the molecule is CC(N)CC=C1c2ccccc2COc2ccccc21. The molecular weight excluding hydrogens is 246 g/mol. The smallest absolute Gasteiger partial charge is 0.127 e. The van der Waals surface area contributed by atoms with Crippen LogP contribution >= 0.6 is 0 Å². The minimum atomic E-state index is 0.158. The van der Waals surface area contributed by atoms with Crippen molar-refractivity contribution in [1.82, 2.24) is 0 Å². The second kappa shape index (κ2) is 5.51. The molecule has 2 N–H and O–H groups in total. The molecule has 1 aliphatic rings. The van der Waals surface area contributed by atoms with Gasteiger partial charge in [0.05, 0.1) is 0 Å². The van der Waals surface area contributed by atoms with Crippen LogP contribution in [-0.2, 0) is 6.61 Å². The number of rotatable bonds is 2. The van der Waals surface area contributed by atoms with Crippen LogP contribution in [0.15, 0.2) is 54.6 Å². The first-order valence-corrected chi connectivity index (χ1v) is 7.02. The van der Waals surface area contributed by atoms with Gasteiger partial charge < -0.3 is 10.5 Å². The van der Waals surface area contributed by atoms with E-state index >= 15 is 0 Å². The van der Waals surface area contributed by atoms with Crippen LogP contribution < -0.4 is 10.5 Å². The Morgan fingerprint density at radius 3 is 2.60 bits per heavy atom. The number of para-hydroxylation sites is 1. The monoisotopic (exact) mass is 265 g/mol. The summed E-state index contributed by atoms with van der Waals surface area (Å²) in [5.74, 6) is 0.944. The maximum atomic E-state index is 5.94. The molecule has 0 radical (unpaired) electrons. The van der Waals surface area contributed by atoms with Crippen LogP contribution in [0.5, 0.6) is 5.75 Å². The normalized spacial score (nSPS) is 16.8. The van der Waals surface area contributed by atoms with Gasteiger partial charge in [0.2, 0.25) is 0 Å². The fraction of sp³-hybridized carbons (Fsp3) is 0.222. The number of ether oxygens (including phenoxy) is 1. The largest absolute Gasteiger partial charge is 0.488 e. The van der Waals surface area contributed by atoms with Gasteiger partial charge in [-0.15, -0.1) is 0 Å². The number of benzene rings is 2. The number of hydrogen-bond acceptors (Lipinski definition) is 2. The van der Waals surface area contributed by atoms with E-state index < -0.39 is 0 Å². The Labute approximate surface area is 119 Å². The number of fused-ring (bicyclic) bond motifs is 2. The third-order valence-corrected chi connectivity index (χ3v) is 3.56. The number of nitrogens with two attached hydrogens (primary N) is 1. The summed E-state index contributed by atoms with van der Waals surface area (Å²) in [6, 6.07) is 16.8. The molecule has 1 unspecified atom stereocenters. The minimum absolute atomic E-state index is 0.158. The summed E-state index contributed by atoms with van der Waals surface area (Å²) in [4.78, 5) is 0. The molecule has 20 heavy (non-hydrogen) atoms. The summed E-state index contributed by atoms with van der Waals surface area (Å²) in [5.41, 5.74) is 10.8. The van der Waals surface area contributed by atoms with Crippen molar-refractivity contribution in [3.05, 3.63) is 71.3 Å². The number of hydrogen-bond donors (Lipinski definition) is 1. The highest BCUT2D eigenvalue weighted by molar-refractivity contribution is 5.84. The quantitative estimate of drug-likeness (QED) is 0.897. The van der Waals surface area contributed by atoms with E-state index in [9.17, 15) is 0 Å². The topological polar surface area (TPSA) is 35.2 Å². The first-order valence-electron chi connectivity index (χ1n) is 7.02.